The SMILES string of the molecule is Cc1cc(C(C)N2CCN(C(=O)CN)CC2)ccc1F. The van der Waals surface area contributed by atoms with Gasteiger partial charge in [0, 0.05) is 32.2 Å². The van der Waals surface area contributed by atoms with Gasteiger partial charge in [-0.25, -0.2) is 4.39 Å². The number of amides is 1. The number of aryl methyl sites for hydroxylation is 1. The second-order valence-electron chi connectivity index (χ2n) is 5.31. The second-order valence-corrected chi connectivity index (χ2v) is 5.31. The van der Waals surface area contributed by atoms with Crippen molar-refractivity contribution in [2.45, 2.75) is 19.9 Å². The van der Waals surface area contributed by atoms with Gasteiger partial charge in [0.15, 0.2) is 0 Å². The molecule has 110 valence electrons. The molecule has 1 aliphatic rings. The Bertz CT molecular complexity index is 484. The Morgan fingerprint density at radius 1 is 1.35 bits per heavy atom. The zero-order valence-corrected chi connectivity index (χ0v) is 12.1. The van der Waals surface area contributed by atoms with Gasteiger partial charge in [0.25, 0.3) is 0 Å². The highest BCUT2D eigenvalue weighted by Gasteiger charge is 2.24. The summed E-state index contributed by atoms with van der Waals surface area (Å²) in [4.78, 5) is 15.7. The van der Waals surface area contributed by atoms with E-state index in [1.807, 2.05) is 12.1 Å². The Balaban J connectivity index is 1.99. The zero-order chi connectivity index (χ0) is 14.7. The highest BCUT2D eigenvalue weighted by atomic mass is 19.1. The molecule has 1 aromatic carbocycles. The van der Waals surface area contributed by atoms with Crippen LogP contribution in [0.1, 0.15) is 24.1 Å². The number of piperazine rings is 1. The first-order chi connectivity index (χ1) is 9.52. The molecule has 0 bridgehead atoms. The molecule has 1 fully saturated rings. The van der Waals surface area contributed by atoms with Crippen LogP contribution in [0.2, 0.25) is 0 Å². The second kappa shape index (κ2) is 6.33. The summed E-state index contributed by atoms with van der Waals surface area (Å²) in [5.41, 5.74) is 7.16. The third kappa shape index (κ3) is 3.16. The standard InChI is InChI=1S/C15H22FN3O/c1-11-9-13(3-4-14(11)16)12(2)18-5-7-19(8-6-18)15(20)10-17/h3-4,9,12H,5-8,10,17H2,1-2H3. The average molecular weight is 279 g/mol. The number of hydrogen-bond donors (Lipinski definition) is 1. The number of halogens is 1. The van der Waals surface area contributed by atoms with Gasteiger partial charge in [-0.2, -0.15) is 0 Å². The molecule has 0 aliphatic carbocycles. The molecular formula is C15H22FN3O. The van der Waals surface area contributed by atoms with Crippen LogP contribution < -0.4 is 5.73 Å². The predicted molar refractivity (Wildman–Crippen MR) is 76.8 cm³/mol. The minimum Gasteiger partial charge on any atom is -0.339 e. The fourth-order valence-electron chi connectivity index (χ4n) is 2.63. The van der Waals surface area contributed by atoms with E-state index in [9.17, 15) is 9.18 Å². The summed E-state index contributed by atoms with van der Waals surface area (Å²) in [5.74, 6) is -0.158. The Hall–Kier alpha value is -1.46. The van der Waals surface area contributed by atoms with Gasteiger partial charge in [0.2, 0.25) is 5.91 Å². The van der Waals surface area contributed by atoms with Crippen molar-refractivity contribution < 1.29 is 9.18 Å². The number of carbonyl (C=O) groups is 1. The molecule has 1 unspecified atom stereocenters. The molecule has 2 N–H and O–H groups in total. The molecule has 1 heterocycles. The van der Waals surface area contributed by atoms with E-state index in [-0.39, 0.29) is 24.3 Å². The van der Waals surface area contributed by atoms with E-state index in [1.54, 1.807) is 11.8 Å². The number of carbonyl (C=O) groups excluding carboxylic acids is 1. The van der Waals surface area contributed by atoms with Crippen molar-refractivity contribution in [2.24, 2.45) is 5.73 Å². The fraction of sp³-hybridized carbons (Fsp3) is 0.533. The lowest BCUT2D eigenvalue weighted by molar-refractivity contribution is -0.131. The van der Waals surface area contributed by atoms with E-state index in [2.05, 4.69) is 11.8 Å². The molecule has 0 aromatic heterocycles. The largest absolute Gasteiger partial charge is 0.339 e. The average Bonchev–Trinajstić information content (AvgIpc) is 2.48. The van der Waals surface area contributed by atoms with E-state index >= 15 is 0 Å². The topological polar surface area (TPSA) is 49.6 Å². The van der Waals surface area contributed by atoms with Crippen LogP contribution in [-0.4, -0.2) is 48.4 Å². The molecule has 1 atom stereocenters. The van der Waals surface area contributed by atoms with Gasteiger partial charge < -0.3 is 10.6 Å². The Kier molecular flexibility index (Phi) is 4.73. The lowest BCUT2D eigenvalue weighted by Gasteiger charge is -2.38. The van der Waals surface area contributed by atoms with E-state index < -0.39 is 0 Å². The van der Waals surface area contributed by atoms with Gasteiger partial charge in [0.05, 0.1) is 6.54 Å². The van der Waals surface area contributed by atoms with E-state index in [1.165, 1.54) is 6.07 Å². The molecular weight excluding hydrogens is 257 g/mol. The first-order valence-corrected chi connectivity index (χ1v) is 7.01. The summed E-state index contributed by atoms with van der Waals surface area (Å²) in [5, 5.41) is 0. The molecule has 5 heteroatoms. The van der Waals surface area contributed by atoms with Crippen LogP contribution in [0, 0.1) is 12.7 Å². The Labute approximate surface area is 119 Å². The molecule has 0 spiro atoms. The maximum Gasteiger partial charge on any atom is 0.236 e. The quantitative estimate of drug-likeness (QED) is 0.907. The first kappa shape index (κ1) is 14.9. The molecule has 1 aliphatic heterocycles. The monoisotopic (exact) mass is 279 g/mol. The molecule has 2 rings (SSSR count). The van der Waals surface area contributed by atoms with Crippen molar-refractivity contribution in [3.8, 4) is 0 Å². The maximum absolute atomic E-state index is 13.3. The summed E-state index contributed by atoms with van der Waals surface area (Å²) < 4.78 is 13.3. The minimum absolute atomic E-state index is 0.00919. The van der Waals surface area contributed by atoms with Crippen LogP contribution in [0.15, 0.2) is 18.2 Å². The number of benzene rings is 1. The number of hydrogen-bond acceptors (Lipinski definition) is 3. The van der Waals surface area contributed by atoms with Gasteiger partial charge in [0.1, 0.15) is 5.82 Å². The van der Waals surface area contributed by atoms with Crippen LogP contribution in [0.4, 0.5) is 4.39 Å². The maximum atomic E-state index is 13.3. The molecule has 20 heavy (non-hydrogen) atoms. The molecule has 0 saturated carbocycles. The predicted octanol–water partition coefficient (Wildman–Crippen LogP) is 1.30. The van der Waals surface area contributed by atoms with Crippen LogP contribution in [0.5, 0.6) is 0 Å². The normalized spacial score (nSPS) is 18.1. The molecule has 1 saturated heterocycles. The van der Waals surface area contributed by atoms with Crippen molar-refractivity contribution in [3.63, 3.8) is 0 Å². The van der Waals surface area contributed by atoms with Crippen LogP contribution in [0.25, 0.3) is 0 Å². The van der Waals surface area contributed by atoms with Gasteiger partial charge in [-0.1, -0.05) is 12.1 Å². The van der Waals surface area contributed by atoms with E-state index in [4.69, 9.17) is 5.73 Å². The summed E-state index contributed by atoms with van der Waals surface area (Å²) in [6.45, 7) is 7.04. The van der Waals surface area contributed by atoms with Gasteiger partial charge >= 0.3 is 0 Å². The lowest BCUT2D eigenvalue weighted by atomic mass is 10.0. The van der Waals surface area contributed by atoms with Crippen molar-refractivity contribution in [1.82, 2.24) is 9.80 Å². The fourth-order valence-corrected chi connectivity index (χ4v) is 2.63. The lowest BCUT2D eigenvalue weighted by Crippen LogP contribution is -2.50. The minimum atomic E-state index is -0.167. The van der Waals surface area contributed by atoms with Crippen LogP contribution in [-0.2, 0) is 4.79 Å². The summed E-state index contributed by atoms with van der Waals surface area (Å²) >= 11 is 0. The van der Waals surface area contributed by atoms with Crippen LogP contribution in [0.3, 0.4) is 0 Å². The van der Waals surface area contributed by atoms with E-state index in [0.29, 0.717) is 18.7 Å². The van der Waals surface area contributed by atoms with Crippen molar-refractivity contribution in [1.29, 1.82) is 0 Å². The number of nitrogens with two attached hydrogens (primary N) is 1. The van der Waals surface area contributed by atoms with Crippen molar-refractivity contribution in [3.05, 3.63) is 35.1 Å². The smallest absolute Gasteiger partial charge is 0.236 e. The third-order valence-electron chi connectivity index (χ3n) is 4.05. The van der Waals surface area contributed by atoms with Crippen LogP contribution >= 0.6 is 0 Å². The third-order valence-corrected chi connectivity index (χ3v) is 4.05. The highest BCUT2D eigenvalue weighted by Crippen LogP contribution is 2.23. The van der Waals surface area contributed by atoms with Crippen molar-refractivity contribution >= 4 is 5.91 Å². The first-order valence-electron chi connectivity index (χ1n) is 7.01. The zero-order valence-electron chi connectivity index (χ0n) is 12.1. The highest BCUT2D eigenvalue weighted by molar-refractivity contribution is 5.78. The Morgan fingerprint density at radius 2 is 2.00 bits per heavy atom. The summed E-state index contributed by atoms with van der Waals surface area (Å²) in [7, 11) is 0. The Morgan fingerprint density at radius 3 is 2.55 bits per heavy atom. The number of rotatable bonds is 3. The molecule has 4 nitrogen and oxygen atoms in total. The van der Waals surface area contributed by atoms with E-state index in [0.717, 1.165) is 18.7 Å². The molecule has 1 aromatic rings. The number of nitrogens with zero attached hydrogens (tertiary/aromatic N) is 2. The van der Waals surface area contributed by atoms with Gasteiger partial charge in [-0.05, 0) is 31.0 Å². The molecule has 1 amide bonds. The van der Waals surface area contributed by atoms with Gasteiger partial charge in [-0.15, -0.1) is 0 Å². The van der Waals surface area contributed by atoms with Gasteiger partial charge in [-0.3, -0.25) is 9.69 Å². The molecule has 0 radical (unpaired) electrons. The summed E-state index contributed by atoms with van der Waals surface area (Å²) in [6, 6.07) is 5.49. The summed E-state index contributed by atoms with van der Waals surface area (Å²) in [6.07, 6.45) is 0. The van der Waals surface area contributed by atoms with Crippen molar-refractivity contribution in [2.75, 3.05) is 32.7 Å².